The zero-order chi connectivity index (χ0) is 10.3. The molecule has 0 spiro atoms. The molecule has 1 aromatic heterocycles. The van der Waals surface area contributed by atoms with Gasteiger partial charge in [0.15, 0.2) is 4.67 Å². The van der Waals surface area contributed by atoms with Crippen molar-refractivity contribution in [3.63, 3.8) is 0 Å². The largest absolute Gasteiger partial charge is 0.453 e. The van der Waals surface area contributed by atoms with Crippen LogP contribution in [-0.4, -0.2) is 30.2 Å². The molecule has 2 aliphatic rings. The van der Waals surface area contributed by atoms with Crippen LogP contribution in [0.25, 0.3) is 0 Å². The molecule has 15 heavy (non-hydrogen) atoms. The Balaban J connectivity index is 1.64. The van der Waals surface area contributed by atoms with Gasteiger partial charge in [-0.1, -0.05) is 0 Å². The maximum Gasteiger partial charge on any atom is 0.169 e. The van der Waals surface area contributed by atoms with Gasteiger partial charge in [-0.3, -0.25) is 4.90 Å². The lowest BCUT2D eigenvalue weighted by Gasteiger charge is -2.31. The smallest absolute Gasteiger partial charge is 0.169 e. The second kappa shape index (κ2) is 3.92. The van der Waals surface area contributed by atoms with Crippen molar-refractivity contribution in [3.8, 4) is 0 Å². The predicted molar refractivity (Wildman–Crippen MR) is 59.6 cm³/mol. The molecule has 0 aliphatic carbocycles. The fourth-order valence-electron chi connectivity index (χ4n) is 2.49. The second-order valence-electron chi connectivity index (χ2n) is 4.36. The van der Waals surface area contributed by atoms with Gasteiger partial charge in [0.1, 0.15) is 5.76 Å². The number of likely N-dealkylation sites (tertiary alicyclic amines) is 1. The summed E-state index contributed by atoms with van der Waals surface area (Å²) in [6, 6.07) is 3.98. The van der Waals surface area contributed by atoms with Gasteiger partial charge in [-0.2, -0.15) is 0 Å². The predicted octanol–water partition coefficient (Wildman–Crippen LogP) is 2.41. The van der Waals surface area contributed by atoms with E-state index in [2.05, 4.69) is 20.8 Å². The van der Waals surface area contributed by atoms with Crippen molar-refractivity contribution < 1.29 is 9.15 Å². The standard InChI is InChI=1S/C11H14BrNO2/c12-11-4-3-10(15-11)7-13-5-8-1-2-9(6-13)14-8/h3-4,8-9H,1-2,5-7H2. The summed E-state index contributed by atoms with van der Waals surface area (Å²) in [5.74, 6) is 1.03. The Morgan fingerprint density at radius 2 is 2.00 bits per heavy atom. The Labute approximate surface area is 97.5 Å². The van der Waals surface area contributed by atoms with Crippen LogP contribution in [0.3, 0.4) is 0 Å². The summed E-state index contributed by atoms with van der Waals surface area (Å²) in [6.07, 6.45) is 3.37. The average Bonchev–Trinajstić information content (AvgIpc) is 2.74. The van der Waals surface area contributed by atoms with E-state index in [1.165, 1.54) is 12.8 Å². The minimum Gasteiger partial charge on any atom is -0.453 e. The fraction of sp³-hybridized carbons (Fsp3) is 0.636. The van der Waals surface area contributed by atoms with Crippen LogP contribution >= 0.6 is 15.9 Å². The van der Waals surface area contributed by atoms with Crippen LogP contribution in [0.5, 0.6) is 0 Å². The highest BCUT2D eigenvalue weighted by molar-refractivity contribution is 9.10. The topological polar surface area (TPSA) is 25.6 Å². The molecule has 3 nitrogen and oxygen atoms in total. The van der Waals surface area contributed by atoms with Crippen LogP contribution in [0.15, 0.2) is 21.2 Å². The highest BCUT2D eigenvalue weighted by atomic mass is 79.9. The van der Waals surface area contributed by atoms with Crippen molar-refractivity contribution in [1.82, 2.24) is 4.90 Å². The highest BCUT2D eigenvalue weighted by Gasteiger charge is 2.33. The maximum absolute atomic E-state index is 5.79. The van der Waals surface area contributed by atoms with E-state index in [0.29, 0.717) is 12.2 Å². The molecule has 2 fully saturated rings. The number of hydrogen-bond donors (Lipinski definition) is 0. The Hall–Kier alpha value is -0.320. The van der Waals surface area contributed by atoms with Crippen LogP contribution in [0, 0.1) is 0 Å². The summed E-state index contributed by atoms with van der Waals surface area (Å²) >= 11 is 3.32. The summed E-state index contributed by atoms with van der Waals surface area (Å²) in [4.78, 5) is 2.43. The highest BCUT2D eigenvalue weighted by Crippen LogP contribution is 2.27. The van der Waals surface area contributed by atoms with Gasteiger partial charge in [0.05, 0.1) is 18.8 Å². The summed E-state index contributed by atoms with van der Waals surface area (Å²) in [7, 11) is 0. The molecule has 0 amide bonds. The first-order chi connectivity index (χ1) is 7.29. The van der Waals surface area contributed by atoms with Gasteiger partial charge in [0.2, 0.25) is 0 Å². The summed E-state index contributed by atoms with van der Waals surface area (Å²) in [6.45, 7) is 3.01. The van der Waals surface area contributed by atoms with Crippen molar-refractivity contribution in [2.24, 2.45) is 0 Å². The minimum absolute atomic E-state index is 0.460. The van der Waals surface area contributed by atoms with Crippen LogP contribution in [0.1, 0.15) is 18.6 Å². The molecule has 0 aromatic carbocycles. The van der Waals surface area contributed by atoms with Crippen LogP contribution in [0.2, 0.25) is 0 Å². The van der Waals surface area contributed by atoms with E-state index in [0.717, 1.165) is 30.1 Å². The van der Waals surface area contributed by atoms with Crippen molar-refractivity contribution in [3.05, 3.63) is 22.6 Å². The number of ether oxygens (including phenoxy) is 1. The third-order valence-corrected chi connectivity index (χ3v) is 3.55. The van der Waals surface area contributed by atoms with Crippen molar-refractivity contribution in [2.45, 2.75) is 31.6 Å². The number of morpholine rings is 1. The molecular formula is C11H14BrNO2. The maximum atomic E-state index is 5.79. The molecule has 82 valence electrons. The van der Waals surface area contributed by atoms with E-state index < -0.39 is 0 Å². The number of hydrogen-bond acceptors (Lipinski definition) is 3. The Morgan fingerprint density at radius 3 is 2.60 bits per heavy atom. The normalized spacial score (nSPS) is 31.0. The SMILES string of the molecule is Brc1ccc(CN2CC3CCC(C2)O3)o1. The number of nitrogens with zero attached hydrogens (tertiary/aromatic N) is 1. The average molecular weight is 272 g/mol. The molecule has 2 atom stereocenters. The Kier molecular flexibility index (Phi) is 2.58. The number of halogens is 1. The molecule has 4 heteroatoms. The van der Waals surface area contributed by atoms with Gasteiger partial charge in [-0.05, 0) is 40.9 Å². The van der Waals surface area contributed by atoms with Crippen LogP contribution in [0.4, 0.5) is 0 Å². The third-order valence-electron chi connectivity index (χ3n) is 3.13. The number of rotatable bonds is 2. The minimum atomic E-state index is 0.460. The molecule has 2 saturated heterocycles. The van der Waals surface area contributed by atoms with Gasteiger partial charge in [0.25, 0.3) is 0 Å². The molecule has 0 N–H and O–H groups in total. The summed E-state index contributed by atoms with van der Waals surface area (Å²) in [5.41, 5.74) is 0. The lowest BCUT2D eigenvalue weighted by Crippen LogP contribution is -2.41. The van der Waals surface area contributed by atoms with Crippen LogP contribution in [-0.2, 0) is 11.3 Å². The van der Waals surface area contributed by atoms with Crippen molar-refractivity contribution in [1.29, 1.82) is 0 Å². The van der Waals surface area contributed by atoms with E-state index in [1.807, 2.05) is 12.1 Å². The zero-order valence-corrected chi connectivity index (χ0v) is 10.1. The van der Waals surface area contributed by atoms with E-state index in [4.69, 9.17) is 9.15 Å². The molecule has 2 unspecified atom stereocenters. The lowest BCUT2D eigenvalue weighted by molar-refractivity contribution is -0.0427. The van der Waals surface area contributed by atoms with E-state index in [1.54, 1.807) is 0 Å². The van der Waals surface area contributed by atoms with E-state index in [-0.39, 0.29) is 0 Å². The third kappa shape index (κ3) is 2.12. The van der Waals surface area contributed by atoms with Gasteiger partial charge >= 0.3 is 0 Å². The molecule has 2 bridgehead atoms. The molecule has 0 radical (unpaired) electrons. The number of furan rings is 1. The first kappa shape index (κ1) is 9.87. The van der Waals surface area contributed by atoms with E-state index >= 15 is 0 Å². The van der Waals surface area contributed by atoms with Gasteiger partial charge in [-0.15, -0.1) is 0 Å². The summed E-state index contributed by atoms with van der Waals surface area (Å²) in [5, 5.41) is 0. The monoisotopic (exact) mass is 271 g/mol. The zero-order valence-electron chi connectivity index (χ0n) is 8.49. The molecule has 3 heterocycles. The van der Waals surface area contributed by atoms with Crippen LogP contribution < -0.4 is 0 Å². The van der Waals surface area contributed by atoms with Gasteiger partial charge in [0, 0.05) is 13.1 Å². The van der Waals surface area contributed by atoms with Gasteiger partial charge in [-0.25, -0.2) is 0 Å². The lowest BCUT2D eigenvalue weighted by atomic mass is 10.2. The molecule has 0 saturated carbocycles. The first-order valence-corrected chi connectivity index (χ1v) is 6.21. The molecular weight excluding hydrogens is 258 g/mol. The second-order valence-corrected chi connectivity index (χ2v) is 5.14. The Bertz CT molecular complexity index is 340. The molecule has 3 rings (SSSR count). The quantitative estimate of drug-likeness (QED) is 0.826. The molecule has 2 aliphatic heterocycles. The Morgan fingerprint density at radius 1 is 1.27 bits per heavy atom. The van der Waals surface area contributed by atoms with Gasteiger partial charge < -0.3 is 9.15 Å². The van der Waals surface area contributed by atoms with E-state index in [9.17, 15) is 0 Å². The fourth-order valence-corrected chi connectivity index (χ4v) is 2.83. The van der Waals surface area contributed by atoms with Crippen molar-refractivity contribution >= 4 is 15.9 Å². The number of fused-ring (bicyclic) bond motifs is 2. The summed E-state index contributed by atoms with van der Waals surface area (Å²) < 4.78 is 12.1. The van der Waals surface area contributed by atoms with Crippen molar-refractivity contribution in [2.75, 3.05) is 13.1 Å². The first-order valence-electron chi connectivity index (χ1n) is 5.41. The molecule has 1 aromatic rings.